The first-order valence-electron chi connectivity index (χ1n) is 8.12. The van der Waals surface area contributed by atoms with Gasteiger partial charge in [-0.05, 0) is 37.8 Å². The minimum Gasteiger partial charge on any atom is -0.324 e. The second-order valence-electron chi connectivity index (χ2n) is 5.88. The summed E-state index contributed by atoms with van der Waals surface area (Å²) >= 11 is 12.0. The van der Waals surface area contributed by atoms with E-state index in [2.05, 4.69) is 5.32 Å². The van der Waals surface area contributed by atoms with Gasteiger partial charge >= 0.3 is 0 Å². The zero-order valence-electron chi connectivity index (χ0n) is 13.4. The standard InChI is InChI=1S/C16H22Cl2N2O3S/c17-13-7-6-8-14(18)16(13)19-15(21)9-2-5-12-24(22,23)20-10-3-1-4-11-20/h6-8H,1-5,9-12H2,(H,19,21). The molecule has 134 valence electrons. The van der Waals surface area contributed by atoms with Gasteiger partial charge in [0.15, 0.2) is 0 Å². The van der Waals surface area contributed by atoms with Crippen LogP contribution in [0.3, 0.4) is 0 Å². The summed E-state index contributed by atoms with van der Waals surface area (Å²) < 4.78 is 26.0. The van der Waals surface area contributed by atoms with Crippen LogP contribution in [-0.4, -0.2) is 37.5 Å². The SMILES string of the molecule is O=C(CCCCS(=O)(=O)N1CCCCC1)Nc1c(Cl)cccc1Cl. The van der Waals surface area contributed by atoms with Crippen molar-refractivity contribution >= 4 is 44.8 Å². The minimum absolute atomic E-state index is 0.0904. The van der Waals surface area contributed by atoms with E-state index >= 15 is 0 Å². The van der Waals surface area contributed by atoms with Gasteiger partial charge in [-0.15, -0.1) is 0 Å². The molecule has 0 aliphatic carbocycles. The van der Waals surface area contributed by atoms with Crippen molar-refractivity contribution in [3.8, 4) is 0 Å². The van der Waals surface area contributed by atoms with Crippen molar-refractivity contribution in [1.82, 2.24) is 4.31 Å². The van der Waals surface area contributed by atoms with E-state index in [1.54, 1.807) is 22.5 Å². The molecule has 1 fully saturated rings. The zero-order valence-corrected chi connectivity index (χ0v) is 15.8. The fourth-order valence-electron chi connectivity index (χ4n) is 2.66. The molecular formula is C16H22Cl2N2O3S. The summed E-state index contributed by atoms with van der Waals surface area (Å²) in [5.41, 5.74) is 0.395. The Labute approximate surface area is 153 Å². The van der Waals surface area contributed by atoms with Gasteiger partial charge in [-0.1, -0.05) is 35.7 Å². The average molecular weight is 393 g/mol. The van der Waals surface area contributed by atoms with Gasteiger partial charge < -0.3 is 5.32 Å². The molecular weight excluding hydrogens is 371 g/mol. The molecule has 0 radical (unpaired) electrons. The van der Waals surface area contributed by atoms with Crippen LogP contribution in [0.2, 0.25) is 10.0 Å². The molecule has 0 saturated carbocycles. The van der Waals surface area contributed by atoms with E-state index in [0.29, 0.717) is 41.7 Å². The van der Waals surface area contributed by atoms with Gasteiger partial charge in [0.1, 0.15) is 0 Å². The average Bonchev–Trinajstić information content (AvgIpc) is 2.56. The van der Waals surface area contributed by atoms with Crippen LogP contribution in [0.25, 0.3) is 0 Å². The number of nitrogens with one attached hydrogen (secondary N) is 1. The van der Waals surface area contributed by atoms with Crippen molar-refractivity contribution in [3.05, 3.63) is 28.2 Å². The Morgan fingerprint density at radius 2 is 1.71 bits per heavy atom. The lowest BCUT2D eigenvalue weighted by atomic mass is 10.2. The number of benzene rings is 1. The molecule has 1 aliphatic heterocycles. The fourth-order valence-corrected chi connectivity index (χ4v) is 4.79. The quantitative estimate of drug-likeness (QED) is 0.714. The maximum atomic E-state index is 12.2. The highest BCUT2D eigenvalue weighted by Gasteiger charge is 2.23. The molecule has 0 atom stereocenters. The number of hydrogen-bond donors (Lipinski definition) is 1. The lowest BCUT2D eigenvalue weighted by molar-refractivity contribution is -0.116. The number of halogens is 2. The molecule has 1 N–H and O–H groups in total. The highest BCUT2D eigenvalue weighted by atomic mass is 35.5. The normalized spacial score (nSPS) is 16.1. The summed E-state index contributed by atoms with van der Waals surface area (Å²) in [5, 5.41) is 3.43. The Morgan fingerprint density at radius 1 is 1.08 bits per heavy atom. The molecule has 1 aromatic carbocycles. The number of para-hydroxylation sites is 1. The summed E-state index contributed by atoms with van der Waals surface area (Å²) in [7, 11) is -3.19. The molecule has 0 aromatic heterocycles. The summed E-state index contributed by atoms with van der Waals surface area (Å²) in [4.78, 5) is 12.0. The Balaban J connectivity index is 1.74. The number of carbonyl (C=O) groups is 1. The Kier molecular flexibility index (Phi) is 7.34. The molecule has 8 heteroatoms. The largest absolute Gasteiger partial charge is 0.324 e. The molecule has 1 heterocycles. The first-order valence-corrected chi connectivity index (χ1v) is 10.5. The predicted molar refractivity (Wildman–Crippen MR) is 98.2 cm³/mol. The van der Waals surface area contributed by atoms with E-state index in [4.69, 9.17) is 23.2 Å². The fraction of sp³-hybridized carbons (Fsp3) is 0.562. The van der Waals surface area contributed by atoms with E-state index in [1.807, 2.05) is 0 Å². The molecule has 1 aromatic rings. The van der Waals surface area contributed by atoms with Crippen LogP contribution in [0.15, 0.2) is 18.2 Å². The smallest absolute Gasteiger partial charge is 0.224 e. The summed E-state index contributed by atoms with van der Waals surface area (Å²) in [5.74, 6) is -0.131. The molecule has 5 nitrogen and oxygen atoms in total. The van der Waals surface area contributed by atoms with Crippen LogP contribution in [0.1, 0.15) is 38.5 Å². The van der Waals surface area contributed by atoms with Crippen LogP contribution in [0.4, 0.5) is 5.69 Å². The monoisotopic (exact) mass is 392 g/mol. The van der Waals surface area contributed by atoms with Crippen LogP contribution in [-0.2, 0) is 14.8 Å². The predicted octanol–water partition coefficient (Wildman–Crippen LogP) is 3.92. The van der Waals surface area contributed by atoms with Crippen molar-refractivity contribution < 1.29 is 13.2 Å². The third-order valence-corrected chi connectivity index (χ3v) is 6.58. The van der Waals surface area contributed by atoms with Gasteiger partial charge in [0.25, 0.3) is 0 Å². The van der Waals surface area contributed by atoms with Crippen LogP contribution in [0, 0.1) is 0 Å². The highest BCUT2D eigenvalue weighted by molar-refractivity contribution is 7.89. The number of nitrogens with zero attached hydrogens (tertiary/aromatic N) is 1. The van der Waals surface area contributed by atoms with E-state index in [-0.39, 0.29) is 18.1 Å². The maximum absolute atomic E-state index is 12.2. The lowest BCUT2D eigenvalue weighted by Crippen LogP contribution is -2.37. The first kappa shape index (κ1) is 19.5. The second-order valence-corrected chi connectivity index (χ2v) is 8.78. The van der Waals surface area contributed by atoms with Crippen molar-refractivity contribution in [2.24, 2.45) is 0 Å². The number of rotatable bonds is 7. The number of amides is 1. The Bertz CT molecular complexity index is 654. The van der Waals surface area contributed by atoms with E-state index < -0.39 is 10.0 Å². The third kappa shape index (κ3) is 5.62. The van der Waals surface area contributed by atoms with Gasteiger partial charge in [0.2, 0.25) is 15.9 Å². The summed E-state index contributed by atoms with van der Waals surface area (Å²) in [6, 6.07) is 4.99. The topological polar surface area (TPSA) is 66.5 Å². The summed E-state index contributed by atoms with van der Waals surface area (Å²) in [6.45, 7) is 1.24. The summed E-state index contributed by atoms with van der Waals surface area (Å²) in [6.07, 6.45) is 4.15. The van der Waals surface area contributed by atoms with Gasteiger partial charge in [0, 0.05) is 19.5 Å². The van der Waals surface area contributed by atoms with Gasteiger partial charge in [-0.3, -0.25) is 4.79 Å². The van der Waals surface area contributed by atoms with Gasteiger partial charge in [-0.25, -0.2) is 12.7 Å². The zero-order chi connectivity index (χ0) is 17.6. The number of piperidine rings is 1. The van der Waals surface area contributed by atoms with E-state index in [9.17, 15) is 13.2 Å². The molecule has 1 saturated heterocycles. The molecule has 1 amide bonds. The molecule has 24 heavy (non-hydrogen) atoms. The van der Waals surface area contributed by atoms with Crippen molar-refractivity contribution in [3.63, 3.8) is 0 Å². The number of sulfonamides is 1. The molecule has 2 rings (SSSR count). The van der Waals surface area contributed by atoms with Crippen LogP contribution < -0.4 is 5.32 Å². The van der Waals surface area contributed by atoms with Gasteiger partial charge in [-0.2, -0.15) is 0 Å². The van der Waals surface area contributed by atoms with Gasteiger partial charge in [0.05, 0.1) is 21.5 Å². The lowest BCUT2D eigenvalue weighted by Gasteiger charge is -2.25. The molecule has 1 aliphatic rings. The molecule has 0 bridgehead atoms. The minimum atomic E-state index is -3.19. The van der Waals surface area contributed by atoms with Crippen LogP contribution in [0.5, 0.6) is 0 Å². The first-order chi connectivity index (χ1) is 11.4. The number of anilines is 1. The van der Waals surface area contributed by atoms with Crippen molar-refractivity contribution in [2.45, 2.75) is 38.5 Å². The highest BCUT2D eigenvalue weighted by Crippen LogP contribution is 2.29. The molecule has 0 unspecified atom stereocenters. The second kappa shape index (κ2) is 9.04. The number of unbranched alkanes of at least 4 members (excludes halogenated alkanes) is 1. The van der Waals surface area contributed by atoms with E-state index in [1.165, 1.54) is 0 Å². The van der Waals surface area contributed by atoms with Crippen molar-refractivity contribution in [2.75, 3.05) is 24.2 Å². The van der Waals surface area contributed by atoms with Crippen LogP contribution >= 0.6 is 23.2 Å². The third-order valence-electron chi connectivity index (χ3n) is 3.99. The van der Waals surface area contributed by atoms with Crippen molar-refractivity contribution in [1.29, 1.82) is 0 Å². The van der Waals surface area contributed by atoms with E-state index in [0.717, 1.165) is 19.3 Å². The number of hydrogen-bond acceptors (Lipinski definition) is 3. The Hall–Kier alpha value is -0.820. The number of carbonyl (C=O) groups excluding carboxylic acids is 1. The Morgan fingerprint density at radius 3 is 2.33 bits per heavy atom. The maximum Gasteiger partial charge on any atom is 0.224 e. The molecule has 0 spiro atoms.